The Labute approximate surface area is 169 Å². The molecule has 0 radical (unpaired) electrons. The Morgan fingerprint density at radius 2 is 1.66 bits per heavy atom. The second kappa shape index (κ2) is 6.95. The summed E-state index contributed by atoms with van der Waals surface area (Å²) >= 11 is 0. The maximum Gasteiger partial charge on any atom is 0.495 e. The molecule has 0 atom stereocenters. The lowest BCUT2D eigenvalue weighted by atomic mass is 9.75. The predicted molar refractivity (Wildman–Crippen MR) is 108 cm³/mol. The second-order valence-corrected chi connectivity index (χ2v) is 9.32. The zero-order valence-electron chi connectivity index (χ0n) is 17.8. The van der Waals surface area contributed by atoms with E-state index >= 15 is 0 Å². The zero-order chi connectivity index (χ0) is 21.8. The third-order valence-corrected chi connectivity index (χ3v) is 5.21. The summed E-state index contributed by atoms with van der Waals surface area (Å²) in [7, 11) is -0.951. The monoisotopic (exact) mass is 405 g/mol. The lowest BCUT2D eigenvalue weighted by Gasteiger charge is -2.32. The first kappa shape index (κ1) is 21.5. The van der Waals surface area contributed by atoms with Gasteiger partial charge < -0.3 is 19.4 Å². The highest BCUT2D eigenvalue weighted by atomic mass is 19.2. The third-order valence-electron chi connectivity index (χ3n) is 5.21. The predicted octanol–water partition coefficient (Wildman–Crippen LogP) is 4.30. The van der Waals surface area contributed by atoms with Crippen LogP contribution in [0.5, 0.6) is 5.75 Å². The van der Waals surface area contributed by atoms with Crippen molar-refractivity contribution in [3.8, 4) is 5.75 Å². The van der Waals surface area contributed by atoms with Crippen LogP contribution in [0.4, 0.5) is 13.6 Å². The van der Waals surface area contributed by atoms with Crippen LogP contribution in [0.3, 0.4) is 0 Å². The SMILES string of the molecule is CC(C)(C)NC(=O)Oc1cc(B2OC(C)(C)C(C)(C)O2)c2c(F)c(F)ccc2c1. The molecule has 2 aromatic carbocycles. The van der Waals surface area contributed by atoms with E-state index < -0.39 is 41.6 Å². The number of amides is 1. The van der Waals surface area contributed by atoms with E-state index in [9.17, 15) is 13.6 Å². The Kier molecular flexibility index (Phi) is 5.16. The summed E-state index contributed by atoms with van der Waals surface area (Å²) in [4.78, 5) is 12.2. The van der Waals surface area contributed by atoms with Gasteiger partial charge in [0, 0.05) is 10.9 Å². The molecule has 1 saturated heterocycles. The third kappa shape index (κ3) is 4.23. The highest BCUT2D eigenvalue weighted by molar-refractivity contribution is 6.65. The topological polar surface area (TPSA) is 56.8 Å². The molecule has 8 heteroatoms. The van der Waals surface area contributed by atoms with E-state index in [0.717, 1.165) is 6.07 Å². The molecule has 1 N–H and O–H groups in total. The molecule has 1 amide bonds. The molecule has 156 valence electrons. The van der Waals surface area contributed by atoms with Gasteiger partial charge >= 0.3 is 13.2 Å². The maximum absolute atomic E-state index is 14.7. The van der Waals surface area contributed by atoms with Crippen LogP contribution in [0.1, 0.15) is 48.5 Å². The van der Waals surface area contributed by atoms with Crippen LogP contribution < -0.4 is 15.5 Å². The summed E-state index contributed by atoms with van der Waals surface area (Å²) in [6, 6.07) is 5.39. The van der Waals surface area contributed by atoms with Crippen LogP contribution in [-0.4, -0.2) is 30.0 Å². The Balaban J connectivity index is 2.09. The fraction of sp³-hybridized carbons (Fsp3) is 0.476. The van der Waals surface area contributed by atoms with Crippen molar-refractivity contribution in [2.75, 3.05) is 0 Å². The number of carbonyl (C=O) groups is 1. The fourth-order valence-corrected chi connectivity index (χ4v) is 3.05. The van der Waals surface area contributed by atoms with Gasteiger partial charge in [0.2, 0.25) is 0 Å². The number of benzene rings is 2. The van der Waals surface area contributed by atoms with Gasteiger partial charge in [0.15, 0.2) is 11.6 Å². The normalized spacial score (nSPS) is 18.2. The average Bonchev–Trinajstić information content (AvgIpc) is 2.76. The molecule has 1 aliphatic rings. The Morgan fingerprint density at radius 3 is 2.21 bits per heavy atom. The summed E-state index contributed by atoms with van der Waals surface area (Å²) in [6.07, 6.45) is -0.653. The number of hydrogen-bond donors (Lipinski definition) is 1. The molecule has 5 nitrogen and oxygen atoms in total. The molecule has 1 aliphatic heterocycles. The largest absolute Gasteiger partial charge is 0.495 e. The minimum absolute atomic E-state index is 0.0343. The summed E-state index contributed by atoms with van der Waals surface area (Å²) in [5.74, 6) is -1.80. The summed E-state index contributed by atoms with van der Waals surface area (Å²) < 4.78 is 46.1. The van der Waals surface area contributed by atoms with Crippen molar-refractivity contribution in [3.05, 3.63) is 35.9 Å². The van der Waals surface area contributed by atoms with Gasteiger partial charge in [-0.1, -0.05) is 6.07 Å². The van der Waals surface area contributed by atoms with Crippen LogP contribution >= 0.6 is 0 Å². The van der Waals surface area contributed by atoms with E-state index in [4.69, 9.17) is 14.0 Å². The number of rotatable bonds is 2. The van der Waals surface area contributed by atoms with Crippen molar-refractivity contribution in [3.63, 3.8) is 0 Å². The quantitative estimate of drug-likeness (QED) is 0.757. The summed E-state index contributed by atoms with van der Waals surface area (Å²) in [5, 5.41) is 3.10. The summed E-state index contributed by atoms with van der Waals surface area (Å²) in [6.45, 7) is 12.9. The van der Waals surface area contributed by atoms with Gasteiger partial charge in [0.25, 0.3) is 0 Å². The van der Waals surface area contributed by atoms with Crippen LogP contribution in [0.25, 0.3) is 10.8 Å². The number of ether oxygens (including phenoxy) is 1. The number of fused-ring (bicyclic) bond motifs is 1. The van der Waals surface area contributed by atoms with Crippen LogP contribution in [0.15, 0.2) is 24.3 Å². The van der Waals surface area contributed by atoms with Gasteiger partial charge in [-0.25, -0.2) is 13.6 Å². The first-order valence-corrected chi connectivity index (χ1v) is 9.47. The van der Waals surface area contributed by atoms with Crippen molar-refractivity contribution < 1.29 is 27.6 Å². The molecule has 29 heavy (non-hydrogen) atoms. The van der Waals surface area contributed by atoms with Crippen LogP contribution in [-0.2, 0) is 9.31 Å². The molecule has 0 spiro atoms. The van der Waals surface area contributed by atoms with Gasteiger partial charge in [0.1, 0.15) is 5.75 Å². The van der Waals surface area contributed by atoms with E-state index in [0.29, 0.717) is 5.39 Å². The number of carbonyl (C=O) groups excluding carboxylic acids is 1. The van der Waals surface area contributed by atoms with Gasteiger partial charge in [-0.05, 0) is 77.5 Å². The lowest BCUT2D eigenvalue weighted by Crippen LogP contribution is -2.42. The Hall–Kier alpha value is -2.19. The number of hydrogen-bond acceptors (Lipinski definition) is 4. The van der Waals surface area contributed by atoms with Crippen molar-refractivity contribution in [1.29, 1.82) is 0 Å². The first-order valence-electron chi connectivity index (χ1n) is 9.47. The minimum Gasteiger partial charge on any atom is -0.410 e. The van der Waals surface area contributed by atoms with Crippen molar-refractivity contribution >= 4 is 29.4 Å². The van der Waals surface area contributed by atoms with Gasteiger partial charge in [0.05, 0.1) is 11.2 Å². The molecule has 3 rings (SSSR count). The van der Waals surface area contributed by atoms with E-state index in [1.807, 2.05) is 48.5 Å². The molecule has 0 saturated carbocycles. The van der Waals surface area contributed by atoms with Gasteiger partial charge in [-0.3, -0.25) is 0 Å². The summed E-state index contributed by atoms with van der Waals surface area (Å²) in [5.41, 5.74) is -1.57. The Bertz CT molecular complexity index is 953. The molecule has 2 aromatic rings. The fourth-order valence-electron chi connectivity index (χ4n) is 3.05. The molecule has 0 bridgehead atoms. The van der Waals surface area contributed by atoms with Gasteiger partial charge in [-0.15, -0.1) is 0 Å². The van der Waals surface area contributed by atoms with Crippen LogP contribution in [0.2, 0.25) is 0 Å². The maximum atomic E-state index is 14.7. The number of halogens is 2. The molecular formula is C21H26BF2NO4. The zero-order valence-corrected chi connectivity index (χ0v) is 17.8. The molecule has 1 heterocycles. The van der Waals surface area contributed by atoms with E-state index in [-0.39, 0.29) is 16.6 Å². The van der Waals surface area contributed by atoms with Crippen molar-refractivity contribution in [2.24, 2.45) is 0 Å². The van der Waals surface area contributed by atoms with E-state index in [1.54, 1.807) is 0 Å². The number of nitrogens with one attached hydrogen (secondary N) is 1. The average molecular weight is 405 g/mol. The Morgan fingerprint density at radius 1 is 1.07 bits per heavy atom. The van der Waals surface area contributed by atoms with E-state index in [2.05, 4.69) is 5.32 Å². The smallest absolute Gasteiger partial charge is 0.410 e. The molecule has 1 fully saturated rings. The van der Waals surface area contributed by atoms with E-state index in [1.165, 1.54) is 18.2 Å². The standard InChI is InChI=1S/C21H26BF2NO4/c1-19(2,3)25-18(26)27-13-10-12-8-9-15(23)17(24)16(12)14(11-13)22-28-20(4,5)21(6,7)29-22/h8-11H,1-7H3,(H,25,26). The highest BCUT2D eigenvalue weighted by Crippen LogP contribution is 2.37. The molecule has 0 aromatic heterocycles. The molecule has 0 unspecified atom stereocenters. The van der Waals surface area contributed by atoms with Gasteiger partial charge in [-0.2, -0.15) is 0 Å². The minimum atomic E-state index is -1.00. The first-order chi connectivity index (χ1) is 13.2. The lowest BCUT2D eigenvalue weighted by molar-refractivity contribution is 0.00578. The highest BCUT2D eigenvalue weighted by Gasteiger charge is 2.52. The second-order valence-electron chi connectivity index (χ2n) is 9.32. The molecule has 0 aliphatic carbocycles. The van der Waals surface area contributed by atoms with Crippen LogP contribution in [0, 0.1) is 11.6 Å². The van der Waals surface area contributed by atoms with Crippen molar-refractivity contribution in [2.45, 2.75) is 65.2 Å². The molecular weight excluding hydrogens is 379 g/mol. The van der Waals surface area contributed by atoms with Crippen molar-refractivity contribution in [1.82, 2.24) is 5.32 Å².